The van der Waals surface area contributed by atoms with Crippen LogP contribution in [0.3, 0.4) is 0 Å². The molecule has 0 saturated carbocycles. The lowest BCUT2D eigenvalue weighted by molar-refractivity contribution is -0.221. The average molecular weight is 447 g/mol. The molecule has 0 bridgehead atoms. The summed E-state index contributed by atoms with van der Waals surface area (Å²) in [5.41, 5.74) is 4.43. The van der Waals surface area contributed by atoms with Crippen LogP contribution in [0.5, 0.6) is 0 Å². The Morgan fingerprint density at radius 1 is 1.19 bits per heavy atom. The van der Waals surface area contributed by atoms with E-state index in [1.54, 1.807) is 0 Å². The minimum atomic E-state index is -4.77. The van der Waals surface area contributed by atoms with Crippen LogP contribution in [-0.2, 0) is 18.7 Å². The molecule has 0 saturated heterocycles. The van der Waals surface area contributed by atoms with Crippen molar-refractivity contribution in [1.29, 1.82) is 0 Å². The Hall–Kier alpha value is -2.12. The van der Waals surface area contributed by atoms with Gasteiger partial charge in [0.15, 0.2) is 5.78 Å². The number of fused-ring (bicyclic) bond motifs is 2. The molecule has 4 atom stereocenters. The molecule has 0 aliphatic carbocycles. The molecule has 2 aliphatic heterocycles. The van der Waals surface area contributed by atoms with E-state index >= 15 is 0 Å². The summed E-state index contributed by atoms with van der Waals surface area (Å²) < 4.78 is 15.5. The SMILES string of the molecule is Cc1cc2c(cc1C)N(CC(C)C(C)C(C)COP(=O)([O-])O)C1=NC(=O)CC(=O)C1=C2. The Morgan fingerprint density at radius 3 is 2.48 bits per heavy atom. The quantitative estimate of drug-likeness (QED) is 0.504. The largest absolute Gasteiger partial charge is 0.756 e. The molecular weight excluding hydrogens is 419 g/mol. The van der Waals surface area contributed by atoms with Crippen molar-refractivity contribution >= 4 is 37.1 Å². The number of rotatable bonds is 7. The first-order valence-corrected chi connectivity index (χ1v) is 11.8. The number of hydrogen-bond acceptors (Lipinski definition) is 6. The molecule has 1 aromatic rings. The number of Topliss-reactive ketones (excluding diaryl/α,β-unsaturated/α-hetero) is 1. The molecule has 8 nitrogen and oxygen atoms in total. The molecule has 1 aromatic carbocycles. The minimum Gasteiger partial charge on any atom is -0.756 e. The summed E-state index contributed by atoms with van der Waals surface area (Å²) >= 11 is 0. The van der Waals surface area contributed by atoms with E-state index in [4.69, 9.17) is 4.89 Å². The lowest BCUT2D eigenvalue weighted by atomic mass is 9.84. The van der Waals surface area contributed by atoms with Gasteiger partial charge in [0.25, 0.3) is 13.7 Å². The zero-order chi connectivity index (χ0) is 23.1. The maximum atomic E-state index is 12.6. The molecule has 3 rings (SSSR count). The molecular formula is C22H28N2O6P-. The number of benzene rings is 1. The second-order valence-electron chi connectivity index (χ2n) is 8.67. The van der Waals surface area contributed by atoms with Gasteiger partial charge in [0.05, 0.1) is 18.6 Å². The van der Waals surface area contributed by atoms with Gasteiger partial charge in [-0.25, -0.2) is 0 Å². The Labute approximate surface area is 182 Å². The number of carbonyl (C=O) groups excluding carboxylic acids is 2. The Bertz CT molecular complexity index is 1030. The molecule has 0 aromatic heterocycles. The maximum absolute atomic E-state index is 12.6. The predicted molar refractivity (Wildman–Crippen MR) is 117 cm³/mol. The Balaban J connectivity index is 1.92. The number of phosphoric ester groups is 1. The lowest BCUT2D eigenvalue weighted by Gasteiger charge is -2.37. The third-order valence-electron chi connectivity index (χ3n) is 6.34. The monoisotopic (exact) mass is 447 g/mol. The predicted octanol–water partition coefficient (Wildman–Crippen LogP) is 2.79. The minimum absolute atomic E-state index is 0.0199. The van der Waals surface area contributed by atoms with Crippen LogP contribution in [0.2, 0.25) is 0 Å². The summed E-state index contributed by atoms with van der Waals surface area (Å²) in [7, 11) is -4.77. The van der Waals surface area contributed by atoms with Crippen LogP contribution in [0.25, 0.3) is 6.08 Å². The van der Waals surface area contributed by atoms with Crippen molar-refractivity contribution in [1.82, 2.24) is 0 Å². The van der Waals surface area contributed by atoms with Gasteiger partial charge >= 0.3 is 0 Å². The van der Waals surface area contributed by atoms with E-state index in [0.29, 0.717) is 18.0 Å². The van der Waals surface area contributed by atoms with Gasteiger partial charge in [0.2, 0.25) is 0 Å². The second-order valence-corrected chi connectivity index (χ2v) is 9.87. The third-order valence-corrected chi connectivity index (χ3v) is 6.81. The van der Waals surface area contributed by atoms with Crippen LogP contribution < -0.4 is 9.79 Å². The second kappa shape index (κ2) is 8.79. The Morgan fingerprint density at radius 2 is 1.84 bits per heavy atom. The summed E-state index contributed by atoms with van der Waals surface area (Å²) in [5, 5.41) is 0. The average Bonchev–Trinajstić information content (AvgIpc) is 2.67. The number of aryl methyl sites for hydroxylation is 2. The molecule has 1 N–H and O–H groups in total. The first-order valence-electron chi connectivity index (χ1n) is 10.3. The van der Waals surface area contributed by atoms with Crippen LogP contribution in [0, 0.1) is 31.6 Å². The van der Waals surface area contributed by atoms with Gasteiger partial charge in [-0.1, -0.05) is 20.8 Å². The van der Waals surface area contributed by atoms with Gasteiger partial charge in [-0.15, -0.1) is 0 Å². The van der Waals surface area contributed by atoms with Crippen molar-refractivity contribution in [2.75, 3.05) is 18.1 Å². The molecule has 168 valence electrons. The van der Waals surface area contributed by atoms with Gasteiger partial charge in [-0.2, -0.15) is 4.99 Å². The molecule has 0 radical (unpaired) electrons. The van der Waals surface area contributed by atoms with Gasteiger partial charge in [0, 0.05) is 12.2 Å². The molecule has 4 unspecified atom stereocenters. The first kappa shape index (κ1) is 23.5. The number of aliphatic imine (C=N–C) groups is 1. The van der Waals surface area contributed by atoms with E-state index in [1.807, 2.05) is 57.7 Å². The van der Waals surface area contributed by atoms with Gasteiger partial charge in [-0.05, 0) is 66.5 Å². The number of hydrogen-bond donors (Lipinski definition) is 1. The molecule has 0 fully saturated rings. The van der Waals surface area contributed by atoms with E-state index in [-0.39, 0.29) is 36.6 Å². The fourth-order valence-electron chi connectivity index (χ4n) is 3.93. The molecule has 1 amide bonds. The molecule has 0 spiro atoms. The Kier molecular flexibility index (Phi) is 6.67. The van der Waals surface area contributed by atoms with E-state index in [0.717, 1.165) is 22.4 Å². The third kappa shape index (κ3) is 5.21. The van der Waals surface area contributed by atoms with Crippen molar-refractivity contribution in [2.24, 2.45) is 22.7 Å². The highest BCUT2D eigenvalue weighted by Gasteiger charge is 2.35. The van der Waals surface area contributed by atoms with Crippen molar-refractivity contribution in [3.05, 3.63) is 34.4 Å². The standard InChI is InChI=1S/C22H29N2O6P/c1-12-6-17-8-18-20(25)9-21(26)23-22(18)24(19(17)7-13(12)2)10-14(3)16(5)15(4)11-30-31(27,28)29/h6-8,14-16H,9-11H2,1-5H3,(H2,27,28,29)/p-1. The van der Waals surface area contributed by atoms with Crippen LogP contribution in [-0.4, -0.2) is 35.6 Å². The normalized spacial score (nSPS) is 20.8. The number of carbonyl (C=O) groups is 2. The lowest BCUT2D eigenvalue weighted by Crippen LogP contribution is -2.44. The zero-order valence-corrected chi connectivity index (χ0v) is 19.3. The van der Waals surface area contributed by atoms with E-state index in [9.17, 15) is 19.0 Å². The topological polar surface area (TPSA) is 119 Å². The fraction of sp³-hybridized carbons (Fsp3) is 0.500. The smallest absolute Gasteiger partial charge is 0.265 e. The van der Waals surface area contributed by atoms with Crippen molar-refractivity contribution in [3.8, 4) is 0 Å². The van der Waals surface area contributed by atoms with Gasteiger partial charge in [-0.3, -0.25) is 14.2 Å². The van der Waals surface area contributed by atoms with Crippen LogP contribution in [0.15, 0.2) is 22.7 Å². The van der Waals surface area contributed by atoms with Crippen LogP contribution in [0.4, 0.5) is 5.69 Å². The summed E-state index contributed by atoms with van der Waals surface area (Å²) in [5.74, 6) is -0.413. The molecule has 2 aliphatic rings. The number of nitrogens with zero attached hydrogens (tertiary/aromatic N) is 2. The first-order chi connectivity index (χ1) is 14.4. The highest BCUT2D eigenvalue weighted by Crippen LogP contribution is 2.37. The van der Waals surface area contributed by atoms with E-state index in [1.165, 1.54) is 0 Å². The number of ketones is 1. The van der Waals surface area contributed by atoms with Crippen LogP contribution >= 0.6 is 7.82 Å². The summed E-state index contributed by atoms with van der Waals surface area (Å²) in [4.78, 5) is 50.5. The molecule has 31 heavy (non-hydrogen) atoms. The highest BCUT2D eigenvalue weighted by molar-refractivity contribution is 7.44. The maximum Gasteiger partial charge on any atom is 0.265 e. The molecule has 2 heterocycles. The van der Waals surface area contributed by atoms with E-state index < -0.39 is 13.7 Å². The highest BCUT2D eigenvalue weighted by atomic mass is 31.2. The zero-order valence-electron chi connectivity index (χ0n) is 18.4. The van der Waals surface area contributed by atoms with Gasteiger partial charge in [0.1, 0.15) is 5.84 Å². The van der Waals surface area contributed by atoms with Crippen LogP contribution in [0.1, 0.15) is 43.9 Å². The van der Waals surface area contributed by atoms with Crippen molar-refractivity contribution in [2.45, 2.75) is 41.0 Å². The number of amidine groups is 1. The summed E-state index contributed by atoms with van der Waals surface area (Å²) in [6.45, 7) is 10.2. The number of phosphoric acid groups is 1. The number of amides is 1. The summed E-state index contributed by atoms with van der Waals surface area (Å²) in [6, 6.07) is 4.07. The van der Waals surface area contributed by atoms with Gasteiger partial charge < -0.3 is 19.2 Å². The van der Waals surface area contributed by atoms with E-state index in [2.05, 4.69) is 9.52 Å². The van der Waals surface area contributed by atoms with Crippen molar-refractivity contribution in [3.63, 3.8) is 0 Å². The summed E-state index contributed by atoms with van der Waals surface area (Å²) in [6.07, 6.45) is 1.59. The fourth-order valence-corrected chi connectivity index (χ4v) is 4.36. The molecule has 9 heteroatoms. The number of anilines is 1. The van der Waals surface area contributed by atoms with Crippen molar-refractivity contribution < 1.29 is 28.5 Å².